The van der Waals surface area contributed by atoms with E-state index in [1.54, 1.807) is 44.4 Å². The summed E-state index contributed by atoms with van der Waals surface area (Å²) in [7, 11) is -0.506. The molecule has 0 spiro atoms. The molecule has 0 aliphatic heterocycles. The maximum absolute atomic E-state index is 13.2. The Hall–Kier alpha value is -3.27. The van der Waals surface area contributed by atoms with Crippen LogP contribution in [0, 0.1) is 0 Å². The lowest BCUT2D eigenvalue weighted by Crippen LogP contribution is -2.47. The summed E-state index contributed by atoms with van der Waals surface area (Å²) in [5, 5.41) is 2.76. The van der Waals surface area contributed by atoms with E-state index in [4.69, 9.17) is 9.47 Å². The van der Waals surface area contributed by atoms with Crippen LogP contribution < -0.4 is 19.1 Å². The number of amides is 2. The Morgan fingerprint density at radius 1 is 1.03 bits per heavy atom. The number of hydrogen-bond donors (Lipinski definition) is 1. The number of nitrogens with zero attached hydrogens (tertiary/aromatic N) is 2. The monoisotopic (exact) mass is 505 g/mol. The molecule has 9 nitrogen and oxygen atoms in total. The van der Waals surface area contributed by atoms with E-state index in [1.165, 1.54) is 16.3 Å². The average Bonchev–Trinajstić information content (AvgIpc) is 2.84. The molecule has 10 heteroatoms. The Bertz CT molecular complexity index is 1110. The number of rotatable bonds is 13. The number of ether oxygens (including phenoxy) is 2. The molecule has 0 saturated heterocycles. The summed E-state index contributed by atoms with van der Waals surface area (Å²) in [5.74, 6) is 0.693. The van der Waals surface area contributed by atoms with Crippen LogP contribution in [0.3, 0.4) is 0 Å². The van der Waals surface area contributed by atoms with E-state index in [2.05, 4.69) is 5.32 Å². The highest BCUT2D eigenvalue weighted by atomic mass is 32.2. The molecule has 0 heterocycles. The summed E-state index contributed by atoms with van der Waals surface area (Å²) in [4.78, 5) is 27.3. The Labute approximate surface area is 208 Å². The largest absolute Gasteiger partial charge is 0.497 e. The number of carbonyl (C=O) groups excluding carboxylic acids is 2. The third-order valence-electron chi connectivity index (χ3n) is 5.50. The van der Waals surface area contributed by atoms with Crippen LogP contribution in [0.4, 0.5) is 5.69 Å². The normalized spacial score (nSPS) is 11.9. The number of hydrogen-bond acceptors (Lipinski definition) is 6. The van der Waals surface area contributed by atoms with Gasteiger partial charge in [-0.1, -0.05) is 18.2 Å². The van der Waals surface area contributed by atoms with E-state index in [0.717, 1.165) is 11.8 Å². The van der Waals surface area contributed by atoms with Gasteiger partial charge in [-0.05, 0) is 50.1 Å². The van der Waals surface area contributed by atoms with Crippen molar-refractivity contribution in [3.05, 3.63) is 54.1 Å². The Balaban J connectivity index is 2.18. The first-order valence-corrected chi connectivity index (χ1v) is 13.3. The summed E-state index contributed by atoms with van der Waals surface area (Å²) in [5.41, 5.74) is 1.28. The zero-order chi connectivity index (χ0) is 26.0. The summed E-state index contributed by atoms with van der Waals surface area (Å²) < 4.78 is 36.6. The van der Waals surface area contributed by atoms with E-state index >= 15 is 0 Å². The van der Waals surface area contributed by atoms with Crippen LogP contribution in [0.5, 0.6) is 11.5 Å². The summed E-state index contributed by atoms with van der Waals surface area (Å²) in [6.45, 7) is 4.29. The minimum atomic E-state index is -3.58. The number of benzene rings is 2. The second kappa shape index (κ2) is 13.0. The van der Waals surface area contributed by atoms with Gasteiger partial charge in [-0.2, -0.15) is 0 Å². The molecule has 0 fully saturated rings. The van der Waals surface area contributed by atoms with Crippen molar-refractivity contribution >= 4 is 27.5 Å². The molecule has 0 saturated carbocycles. The number of anilines is 1. The first-order chi connectivity index (χ1) is 16.6. The molecule has 1 atom stereocenters. The lowest BCUT2D eigenvalue weighted by molar-refractivity contribution is -0.140. The topological polar surface area (TPSA) is 105 Å². The summed E-state index contributed by atoms with van der Waals surface area (Å²) in [6.07, 6.45) is 1.48. The highest BCUT2D eigenvalue weighted by Crippen LogP contribution is 2.24. The standard InChI is InChI=1S/C25H35N3O6S/c1-6-26-25(30)19(2)27(18-20-10-7-12-22(16-20)33-3)24(29)14-9-15-28(35(5,31)32)21-11-8-13-23(17-21)34-4/h7-8,10-13,16-17,19H,6,9,14-15,18H2,1-5H3,(H,26,30). The Kier molecular flexibility index (Phi) is 10.4. The molecule has 1 N–H and O–H groups in total. The molecule has 1 unspecified atom stereocenters. The quantitative estimate of drug-likeness (QED) is 0.449. The van der Waals surface area contributed by atoms with Crippen LogP contribution in [0.2, 0.25) is 0 Å². The Morgan fingerprint density at radius 2 is 1.66 bits per heavy atom. The predicted octanol–water partition coefficient (Wildman–Crippen LogP) is 2.80. The fraction of sp³-hybridized carbons (Fsp3) is 0.440. The molecule has 0 radical (unpaired) electrons. The number of sulfonamides is 1. The lowest BCUT2D eigenvalue weighted by atomic mass is 10.1. The molecule has 0 bridgehead atoms. The fourth-order valence-corrected chi connectivity index (χ4v) is 4.60. The van der Waals surface area contributed by atoms with Crippen LogP contribution in [-0.4, -0.2) is 64.7 Å². The molecule has 2 rings (SSSR count). The zero-order valence-electron chi connectivity index (χ0n) is 21.0. The van der Waals surface area contributed by atoms with Gasteiger partial charge >= 0.3 is 0 Å². The van der Waals surface area contributed by atoms with Crippen LogP contribution in [0.1, 0.15) is 32.3 Å². The number of nitrogens with one attached hydrogen (secondary N) is 1. The van der Waals surface area contributed by atoms with Crippen molar-refractivity contribution in [2.75, 3.05) is 37.9 Å². The molecule has 0 aromatic heterocycles. The van der Waals surface area contributed by atoms with Gasteiger partial charge in [-0.15, -0.1) is 0 Å². The summed E-state index contributed by atoms with van der Waals surface area (Å²) >= 11 is 0. The van der Waals surface area contributed by atoms with Gasteiger partial charge in [0.25, 0.3) is 0 Å². The SMILES string of the molecule is CCNC(=O)C(C)N(Cc1cccc(OC)c1)C(=O)CCCN(c1cccc(OC)c1)S(C)(=O)=O. The second-order valence-corrected chi connectivity index (χ2v) is 9.99. The third kappa shape index (κ3) is 8.17. The van der Waals surface area contributed by atoms with Crippen molar-refractivity contribution < 1.29 is 27.5 Å². The Morgan fingerprint density at radius 3 is 2.26 bits per heavy atom. The third-order valence-corrected chi connectivity index (χ3v) is 6.69. The molecular formula is C25H35N3O6S. The van der Waals surface area contributed by atoms with E-state index in [1.807, 2.05) is 25.1 Å². The molecule has 2 amide bonds. The molecule has 0 aliphatic rings. The molecule has 2 aromatic rings. The van der Waals surface area contributed by atoms with Gasteiger partial charge in [-0.3, -0.25) is 13.9 Å². The highest BCUT2D eigenvalue weighted by Gasteiger charge is 2.26. The number of methoxy groups -OCH3 is 2. The van der Waals surface area contributed by atoms with Crippen LogP contribution >= 0.6 is 0 Å². The predicted molar refractivity (Wildman–Crippen MR) is 136 cm³/mol. The van der Waals surface area contributed by atoms with Crippen molar-refractivity contribution in [3.8, 4) is 11.5 Å². The minimum absolute atomic E-state index is 0.0731. The van der Waals surface area contributed by atoms with Gasteiger partial charge in [0, 0.05) is 32.1 Å². The van der Waals surface area contributed by atoms with Crippen molar-refractivity contribution in [2.24, 2.45) is 0 Å². The molecule has 35 heavy (non-hydrogen) atoms. The first kappa shape index (κ1) is 28.0. The van der Waals surface area contributed by atoms with E-state index < -0.39 is 16.1 Å². The van der Waals surface area contributed by atoms with E-state index in [9.17, 15) is 18.0 Å². The summed E-state index contributed by atoms with van der Waals surface area (Å²) in [6, 6.07) is 13.4. The van der Waals surface area contributed by atoms with Gasteiger partial charge in [0.05, 0.1) is 26.2 Å². The van der Waals surface area contributed by atoms with Crippen LogP contribution in [0.25, 0.3) is 0 Å². The van der Waals surface area contributed by atoms with Crippen LogP contribution in [-0.2, 0) is 26.2 Å². The van der Waals surface area contributed by atoms with E-state index in [-0.39, 0.29) is 37.7 Å². The smallest absolute Gasteiger partial charge is 0.242 e. The number of carbonyl (C=O) groups is 2. The maximum atomic E-state index is 13.2. The van der Waals surface area contributed by atoms with Crippen molar-refractivity contribution in [1.82, 2.24) is 10.2 Å². The maximum Gasteiger partial charge on any atom is 0.242 e. The minimum Gasteiger partial charge on any atom is -0.497 e. The van der Waals surface area contributed by atoms with E-state index in [0.29, 0.717) is 23.7 Å². The average molecular weight is 506 g/mol. The lowest BCUT2D eigenvalue weighted by Gasteiger charge is -2.29. The fourth-order valence-electron chi connectivity index (χ4n) is 3.64. The molecule has 192 valence electrons. The van der Waals surface area contributed by atoms with Gasteiger partial charge in [0.2, 0.25) is 21.8 Å². The first-order valence-electron chi connectivity index (χ1n) is 11.4. The van der Waals surface area contributed by atoms with Crippen molar-refractivity contribution in [1.29, 1.82) is 0 Å². The molecule has 0 aliphatic carbocycles. The van der Waals surface area contributed by atoms with Gasteiger partial charge in [0.1, 0.15) is 17.5 Å². The van der Waals surface area contributed by atoms with Gasteiger partial charge < -0.3 is 19.7 Å². The highest BCUT2D eigenvalue weighted by molar-refractivity contribution is 7.92. The zero-order valence-corrected chi connectivity index (χ0v) is 21.8. The van der Waals surface area contributed by atoms with Gasteiger partial charge in [-0.25, -0.2) is 8.42 Å². The second-order valence-electron chi connectivity index (χ2n) is 8.08. The molecular weight excluding hydrogens is 470 g/mol. The number of likely N-dealkylation sites (N-methyl/N-ethyl adjacent to an activating group) is 1. The molecule has 2 aromatic carbocycles. The van der Waals surface area contributed by atoms with Crippen molar-refractivity contribution in [3.63, 3.8) is 0 Å². The van der Waals surface area contributed by atoms with Gasteiger partial charge in [0.15, 0.2) is 0 Å². The van der Waals surface area contributed by atoms with Crippen molar-refractivity contribution in [2.45, 2.75) is 39.3 Å². The van der Waals surface area contributed by atoms with Crippen LogP contribution in [0.15, 0.2) is 48.5 Å².